The largest absolute Gasteiger partial charge is 0.338 e. The lowest BCUT2D eigenvalue weighted by Crippen LogP contribution is -2.34. The first-order valence-corrected chi connectivity index (χ1v) is 6.34. The molecule has 1 atom stereocenters. The van der Waals surface area contributed by atoms with E-state index in [2.05, 4.69) is 18.2 Å². The third-order valence-corrected chi connectivity index (χ3v) is 2.99. The Bertz CT molecular complexity index is 459. The molecule has 0 aliphatic carbocycles. The third-order valence-electron chi connectivity index (χ3n) is 2.99. The highest BCUT2D eigenvalue weighted by molar-refractivity contribution is 5.97. The van der Waals surface area contributed by atoms with Crippen LogP contribution in [0.4, 0.5) is 0 Å². The van der Waals surface area contributed by atoms with E-state index in [0.717, 1.165) is 29.5 Å². The first-order valence-electron chi connectivity index (χ1n) is 6.34. The number of rotatable bonds is 4. The molecule has 1 rings (SSSR count). The van der Waals surface area contributed by atoms with Crippen LogP contribution in [0.1, 0.15) is 46.8 Å². The van der Waals surface area contributed by atoms with Crippen LogP contribution in [0.25, 0.3) is 0 Å². The zero-order chi connectivity index (χ0) is 13.7. The van der Waals surface area contributed by atoms with Crippen LogP contribution < -0.4 is 5.32 Å². The standard InChI is InChI=1S/C16H21NO/c1-6-8-14(7-2)17-16(18)15-12(4)9-11(3)10-13(15)5/h2,9-10,14H,6,8H2,1,3-5H3,(H,17,18). The lowest BCUT2D eigenvalue weighted by atomic mass is 9.99. The summed E-state index contributed by atoms with van der Waals surface area (Å²) in [7, 11) is 0. The van der Waals surface area contributed by atoms with E-state index in [-0.39, 0.29) is 11.9 Å². The number of amides is 1. The quantitative estimate of drug-likeness (QED) is 0.809. The summed E-state index contributed by atoms with van der Waals surface area (Å²) in [5.41, 5.74) is 3.91. The van der Waals surface area contributed by atoms with E-state index in [1.807, 2.05) is 32.9 Å². The van der Waals surface area contributed by atoms with Crippen molar-refractivity contribution < 1.29 is 4.79 Å². The Kier molecular flexibility index (Phi) is 4.97. The topological polar surface area (TPSA) is 29.1 Å². The lowest BCUT2D eigenvalue weighted by Gasteiger charge is -2.15. The van der Waals surface area contributed by atoms with Gasteiger partial charge in [-0.15, -0.1) is 6.42 Å². The normalized spacial score (nSPS) is 11.7. The number of terminal acetylenes is 1. The lowest BCUT2D eigenvalue weighted by molar-refractivity contribution is 0.0943. The minimum atomic E-state index is -0.178. The predicted octanol–water partition coefficient (Wildman–Crippen LogP) is 3.14. The average Bonchev–Trinajstić information content (AvgIpc) is 2.26. The van der Waals surface area contributed by atoms with Crippen LogP contribution in [0.3, 0.4) is 0 Å². The Morgan fingerprint density at radius 3 is 2.33 bits per heavy atom. The second-order valence-electron chi connectivity index (χ2n) is 4.76. The number of nitrogens with one attached hydrogen (secondary N) is 1. The highest BCUT2D eigenvalue weighted by Crippen LogP contribution is 2.16. The van der Waals surface area contributed by atoms with Crippen molar-refractivity contribution >= 4 is 5.91 Å². The number of hydrogen-bond acceptors (Lipinski definition) is 1. The van der Waals surface area contributed by atoms with Gasteiger partial charge in [0, 0.05) is 5.56 Å². The molecule has 0 aliphatic heterocycles. The van der Waals surface area contributed by atoms with Gasteiger partial charge in [-0.2, -0.15) is 0 Å². The molecule has 18 heavy (non-hydrogen) atoms. The first-order chi connectivity index (χ1) is 8.49. The zero-order valence-corrected chi connectivity index (χ0v) is 11.6. The Hall–Kier alpha value is -1.75. The molecule has 1 N–H and O–H groups in total. The van der Waals surface area contributed by atoms with Crippen molar-refractivity contribution in [1.29, 1.82) is 0 Å². The van der Waals surface area contributed by atoms with E-state index in [1.165, 1.54) is 5.56 Å². The van der Waals surface area contributed by atoms with E-state index in [9.17, 15) is 4.79 Å². The fraction of sp³-hybridized carbons (Fsp3) is 0.438. The maximum atomic E-state index is 12.2. The summed E-state index contributed by atoms with van der Waals surface area (Å²) in [5, 5.41) is 2.91. The van der Waals surface area contributed by atoms with Crippen LogP contribution in [0.15, 0.2) is 12.1 Å². The fourth-order valence-electron chi connectivity index (χ4n) is 2.25. The molecule has 1 aromatic carbocycles. The number of carbonyl (C=O) groups excluding carboxylic acids is 1. The second kappa shape index (κ2) is 6.26. The summed E-state index contributed by atoms with van der Waals surface area (Å²) in [4.78, 5) is 12.2. The highest BCUT2D eigenvalue weighted by Gasteiger charge is 2.15. The molecule has 2 nitrogen and oxygen atoms in total. The van der Waals surface area contributed by atoms with Crippen molar-refractivity contribution in [2.45, 2.75) is 46.6 Å². The molecular formula is C16H21NO. The maximum absolute atomic E-state index is 12.2. The third kappa shape index (κ3) is 3.37. The maximum Gasteiger partial charge on any atom is 0.252 e. The molecule has 2 heteroatoms. The van der Waals surface area contributed by atoms with Gasteiger partial charge >= 0.3 is 0 Å². The summed E-state index contributed by atoms with van der Waals surface area (Å²) in [6.07, 6.45) is 7.19. The Morgan fingerprint density at radius 1 is 1.33 bits per heavy atom. The summed E-state index contributed by atoms with van der Waals surface area (Å²) >= 11 is 0. The number of carbonyl (C=O) groups is 1. The first kappa shape index (κ1) is 14.3. The van der Waals surface area contributed by atoms with E-state index in [0.29, 0.717) is 0 Å². The molecule has 1 amide bonds. The predicted molar refractivity (Wildman–Crippen MR) is 75.6 cm³/mol. The molecule has 0 radical (unpaired) electrons. The Morgan fingerprint density at radius 2 is 1.89 bits per heavy atom. The van der Waals surface area contributed by atoms with Gasteiger partial charge in [0.1, 0.15) is 0 Å². The van der Waals surface area contributed by atoms with Crippen LogP contribution in [0.5, 0.6) is 0 Å². The Balaban J connectivity index is 2.95. The van der Waals surface area contributed by atoms with Gasteiger partial charge in [0.25, 0.3) is 5.91 Å². The molecule has 0 aromatic heterocycles. The minimum absolute atomic E-state index is 0.0681. The van der Waals surface area contributed by atoms with Gasteiger partial charge in [-0.05, 0) is 38.3 Å². The molecule has 0 spiro atoms. The van der Waals surface area contributed by atoms with E-state index < -0.39 is 0 Å². The van der Waals surface area contributed by atoms with E-state index in [4.69, 9.17) is 6.42 Å². The number of aryl methyl sites for hydroxylation is 3. The number of hydrogen-bond donors (Lipinski definition) is 1. The number of benzene rings is 1. The van der Waals surface area contributed by atoms with Gasteiger partial charge in [-0.3, -0.25) is 4.79 Å². The monoisotopic (exact) mass is 243 g/mol. The van der Waals surface area contributed by atoms with Gasteiger partial charge in [0.2, 0.25) is 0 Å². The van der Waals surface area contributed by atoms with Gasteiger partial charge < -0.3 is 5.32 Å². The summed E-state index contributed by atoms with van der Waals surface area (Å²) in [5.74, 6) is 2.55. The molecule has 0 aliphatic rings. The summed E-state index contributed by atoms with van der Waals surface area (Å²) < 4.78 is 0. The molecule has 96 valence electrons. The fourth-order valence-corrected chi connectivity index (χ4v) is 2.25. The molecule has 1 aromatic rings. The van der Waals surface area contributed by atoms with Gasteiger partial charge in [-0.1, -0.05) is 37.0 Å². The second-order valence-corrected chi connectivity index (χ2v) is 4.76. The molecule has 1 unspecified atom stereocenters. The molecule has 0 fully saturated rings. The van der Waals surface area contributed by atoms with Gasteiger partial charge in [0.05, 0.1) is 6.04 Å². The smallest absolute Gasteiger partial charge is 0.252 e. The van der Waals surface area contributed by atoms with Gasteiger partial charge in [-0.25, -0.2) is 0 Å². The van der Waals surface area contributed by atoms with Crippen LogP contribution in [-0.2, 0) is 0 Å². The zero-order valence-electron chi connectivity index (χ0n) is 11.6. The summed E-state index contributed by atoms with van der Waals surface area (Å²) in [6.45, 7) is 8.00. The van der Waals surface area contributed by atoms with E-state index in [1.54, 1.807) is 0 Å². The van der Waals surface area contributed by atoms with Crippen molar-refractivity contribution in [2.24, 2.45) is 0 Å². The van der Waals surface area contributed by atoms with E-state index >= 15 is 0 Å². The van der Waals surface area contributed by atoms with Crippen molar-refractivity contribution in [3.8, 4) is 12.3 Å². The molecule has 0 saturated carbocycles. The van der Waals surface area contributed by atoms with Crippen molar-refractivity contribution in [1.82, 2.24) is 5.32 Å². The van der Waals surface area contributed by atoms with Crippen molar-refractivity contribution in [2.75, 3.05) is 0 Å². The highest BCUT2D eigenvalue weighted by atomic mass is 16.1. The molecule has 0 bridgehead atoms. The van der Waals surface area contributed by atoms with Crippen molar-refractivity contribution in [3.63, 3.8) is 0 Å². The Labute approximate surface area is 110 Å². The molecular weight excluding hydrogens is 222 g/mol. The van der Waals surface area contributed by atoms with Crippen molar-refractivity contribution in [3.05, 3.63) is 34.4 Å². The molecule has 0 heterocycles. The average molecular weight is 243 g/mol. The van der Waals surface area contributed by atoms with Crippen LogP contribution in [0, 0.1) is 33.1 Å². The van der Waals surface area contributed by atoms with Crippen LogP contribution in [0.2, 0.25) is 0 Å². The molecule has 0 saturated heterocycles. The van der Waals surface area contributed by atoms with Crippen LogP contribution >= 0.6 is 0 Å². The van der Waals surface area contributed by atoms with Gasteiger partial charge in [0.15, 0.2) is 0 Å². The minimum Gasteiger partial charge on any atom is -0.338 e. The van der Waals surface area contributed by atoms with Crippen LogP contribution in [-0.4, -0.2) is 11.9 Å². The summed E-state index contributed by atoms with van der Waals surface area (Å²) in [6, 6.07) is 3.86. The SMILES string of the molecule is C#CC(CCC)NC(=O)c1c(C)cc(C)cc1C.